The third kappa shape index (κ3) is 1.58. The molecule has 0 aliphatic heterocycles. The topological polar surface area (TPSA) is 54.7 Å². The smallest absolute Gasteiger partial charge is 0.198 e. The number of H-pyrrole nitrogens is 1. The maximum absolute atomic E-state index is 13.8. The van der Waals surface area contributed by atoms with E-state index in [1.807, 2.05) is 6.92 Å². The largest absolute Gasteiger partial charge is 0.369 e. The van der Waals surface area contributed by atoms with E-state index in [0.29, 0.717) is 22.8 Å². The minimum Gasteiger partial charge on any atom is -0.369 e. The summed E-state index contributed by atoms with van der Waals surface area (Å²) >= 11 is 0. The van der Waals surface area contributed by atoms with Crippen molar-refractivity contribution in [3.8, 4) is 11.3 Å². The molecule has 0 spiro atoms. The van der Waals surface area contributed by atoms with E-state index in [1.165, 1.54) is 0 Å². The number of halogens is 1. The number of nitrogen functional groups attached to an aromatic ring is 1. The molecule has 2 aromatic rings. The summed E-state index contributed by atoms with van der Waals surface area (Å²) in [6.45, 7) is 3.55. The second-order valence-corrected chi connectivity index (χ2v) is 3.53. The van der Waals surface area contributed by atoms with Crippen molar-refractivity contribution in [2.45, 2.75) is 13.8 Å². The molecule has 1 aromatic heterocycles. The Labute approximate surface area is 87.2 Å². The van der Waals surface area contributed by atoms with Gasteiger partial charge in [-0.25, -0.2) is 9.37 Å². The lowest BCUT2D eigenvalue weighted by Gasteiger charge is -2.03. The molecule has 4 heteroatoms. The lowest BCUT2D eigenvalue weighted by Crippen LogP contribution is -1.90. The maximum Gasteiger partial charge on any atom is 0.198 e. The summed E-state index contributed by atoms with van der Waals surface area (Å²) < 4.78 is 13.8. The summed E-state index contributed by atoms with van der Waals surface area (Å²) in [6.07, 6.45) is 0. The Morgan fingerprint density at radius 3 is 2.67 bits per heavy atom. The molecular weight excluding hydrogens is 193 g/mol. The maximum atomic E-state index is 13.8. The predicted octanol–water partition coefficient (Wildman–Crippen LogP) is 2.41. The number of imidazole rings is 1. The van der Waals surface area contributed by atoms with Crippen molar-refractivity contribution in [1.82, 2.24) is 9.97 Å². The fourth-order valence-corrected chi connectivity index (χ4v) is 1.58. The number of nitrogens with two attached hydrogens (primary N) is 1. The molecule has 1 heterocycles. The van der Waals surface area contributed by atoms with Crippen molar-refractivity contribution in [3.63, 3.8) is 0 Å². The highest BCUT2D eigenvalue weighted by Crippen LogP contribution is 2.26. The van der Waals surface area contributed by atoms with E-state index in [4.69, 9.17) is 5.73 Å². The molecule has 3 nitrogen and oxygen atoms in total. The molecule has 0 aliphatic carbocycles. The quantitative estimate of drug-likeness (QED) is 0.751. The third-order valence-corrected chi connectivity index (χ3v) is 2.35. The van der Waals surface area contributed by atoms with Crippen molar-refractivity contribution in [1.29, 1.82) is 0 Å². The molecule has 0 radical (unpaired) electrons. The number of aromatic amines is 1. The van der Waals surface area contributed by atoms with E-state index < -0.39 is 0 Å². The summed E-state index contributed by atoms with van der Waals surface area (Å²) in [7, 11) is 0. The standard InChI is InChI=1S/C11H12FN3/c1-6-4-3-5-8(9(6)12)10-7(2)14-11(13)15-10/h3-5H,1-2H3,(H3,13,14,15). The van der Waals surface area contributed by atoms with Gasteiger partial charge in [0.1, 0.15) is 5.82 Å². The lowest BCUT2D eigenvalue weighted by atomic mass is 10.1. The van der Waals surface area contributed by atoms with Crippen LogP contribution in [0.4, 0.5) is 10.3 Å². The zero-order valence-electron chi connectivity index (χ0n) is 8.63. The Hall–Kier alpha value is -1.84. The third-order valence-electron chi connectivity index (χ3n) is 2.35. The molecule has 0 aliphatic rings. The van der Waals surface area contributed by atoms with Gasteiger partial charge < -0.3 is 10.7 Å². The van der Waals surface area contributed by atoms with Crippen LogP contribution in [0.1, 0.15) is 11.3 Å². The number of rotatable bonds is 1. The van der Waals surface area contributed by atoms with E-state index in [9.17, 15) is 4.39 Å². The summed E-state index contributed by atoms with van der Waals surface area (Å²) in [5.74, 6) is 0.0653. The van der Waals surface area contributed by atoms with Crippen LogP contribution in [-0.4, -0.2) is 9.97 Å². The Morgan fingerprint density at radius 2 is 2.07 bits per heavy atom. The Bertz CT molecular complexity index is 503. The van der Waals surface area contributed by atoms with E-state index in [1.54, 1.807) is 25.1 Å². The second kappa shape index (κ2) is 3.38. The number of aromatic nitrogens is 2. The van der Waals surface area contributed by atoms with E-state index in [-0.39, 0.29) is 5.82 Å². The van der Waals surface area contributed by atoms with Crippen LogP contribution in [0.3, 0.4) is 0 Å². The fourth-order valence-electron chi connectivity index (χ4n) is 1.58. The van der Waals surface area contributed by atoms with Crippen molar-refractivity contribution < 1.29 is 4.39 Å². The zero-order valence-corrected chi connectivity index (χ0v) is 8.63. The Balaban J connectivity index is 2.64. The SMILES string of the molecule is Cc1cccc(-c2nc(N)[nH]c2C)c1F. The lowest BCUT2D eigenvalue weighted by molar-refractivity contribution is 0.621. The van der Waals surface area contributed by atoms with Gasteiger partial charge in [0.05, 0.1) is 5.69 Å². The monoisotopic (exact) mass is 205 g/mol. The van der Waals surface area contributed by atoms with Crippen LogP contribution in [0.15, 0.2) is 18.2 Å². The normalized spacial score (nSPS) is 10.6. The van der Waals surface area contributed by atoms with Gasteiger partial charge in [-0.1, -0.05) is 12.1 Å². The van der Waals surface area contributed by atoms with Gasteiger partial charge in [-0.05, 0) is 25.5 Å². The molecule has 0 saturated carbocycles. The van der Waals surface area contributed by atoms with Crippen molar-refractivity contribution in [2.24, 2.45) is 0 Å². The van der Waals surface area contributed by atoms with E-state index in [2.05, 4.69) is 9.97 Å². The van der Waals surface area contributed by atoms with Crippen LogP contribution >= 0.6 is 0 Å². The van der Waals surface area contributed by atoms with Gasteiger partial charge in [-0.15, -0.1) is 0 Å². The van der Waals surface area contributed by atoms with Gasteiger partial charge in [0.25, 0.3) is 0 Å². The first-order valence-electron chi connectivity index (χ1n) is 4.67. The van der Waals surface area contributed by atoms with Crippen LogP contribution in [-0.2, 0) is 0 Å². The highest BCUT2D eigenvalue weighted by molar-refractivity contribution is 5.65. The molecule has 15 heavy (non-hydrogen) atoms. The van der Waals surface area contributed by atoms with Gasteiger partial charge in [-0.3, -0.25) is 0 Å². The number of nitrogens with one attached hydrogen (secondary N) is 1. The van der Waals surface area contributed by atoms with E-state index >= 15 is 0 Å². The minimum atomic E-state index is -0.243. The summed E-state index contributed by atoms with van der Waals surface area (Å²) in [5, 5.41) is 0. The fraction of sp³-hybridized carbons (Fsp3) is 0.182. The first kappa shape index (κ1) is 9.71. The molecule has 0 amide bonds. The average molecular weight is 205 g/mol. The van der Waals surface area contributed by atoms with Crippen LogP contribution in [0, 0.1) is 19.7 Å². The number of hydrogen-bond donors (Lipinski definition) is 2. The molecule has 1 aromatic carbocycles. The molecule has 3 N–H and O–H groups in total. The van der Waals surface area contributed by atoms with Gasteiger partial charge >= 0.3 is 0 Å². The highest BCUT2D eigenvalue weighted by atomic mass is 19.1. The number of benzene rings is 1. The molecule has 2 rings (SSSR count). The van der Waals surface area contributed by atoms with Crippen molar-refractivity contribution in [3.05, 3.63) is 35.3 Å². The highest BCUT2D eigenvalue weighted by Gasteiger charge is 2.12. The van der Waals surface area contributed by atoms with Gasteiger partial charge in [0.15, 0.2) is 5.95 Å². The molecular formula is C11H12FN3. The average Bonchev–Trinajstić information content (AvgIpc) is 2.50. The summed E-state index contributed by atoms with van der Waals surface area (Å²) in [4.78, 5) is 6.92. The van der Waals surface area contributed by atoms with Gasteiger partial charge in [0, 0.05) is 11.3 Å². The predicted molar refractivity (Wildman–Crippen MR) is 57.9 cm³/mol. The summed E-state index contributed by atoms with van der Waals surface area (Å²) in [5.41, 5.74) is 7.96. The molecule has 0 bridgehead atoms. The molecule has 0 unspecified atom stereocenters. The second-order valence-electron chi connectivity index (χ2n) is 3.53. The zero-order chi connectivity index (χ0) is 11.0. The van der Waals surface area contributed by atoms with Gasteiger partial charge in [-0.2, -0.15) is 0 Å². The molecule has 0 saturated heterocycles. The Kier molecular flexibility index (Phi) is 2.19. The van der Waals surface area contributed by atoms with E-state index in [0.717, 1.165) is 5.69 Å². The molecule has 0 atom stereocenters. The van der Waals surface area contributed by atoms with Gasteiger partial charge in [0.2, 0.25) is 0 Å². The first-order valence-corrected chi connectivity index (χ1v) is 4.67. The summed E-state index contributed by atoms with van der Waals surface area (Å²) in [6, 6.07) is 5.23. The van der Waals surface area contributed by atoms with Crippen LogP contribution in [0.5, 0.6) is 0 Å². The molecule has 0 fully saturated rings. The molecule has 78 valence electrons. The number of nitrogens with zero attached hydrogens (tertiary/aromatic N) is 1. The van der Waals surface area contributed by atoms with Crippen LogP contribution < -0.4 is 5.73 Å². The van der Waals surface area contributed by atoms with Crippen molar-refractivity contribution >= 4 is 5.95 Å². The van der Waals surface area contributed by atoms with Crippen molar-refractivity contribution in [2.75, 3.05) is 5.73 Å². The van der Waals surface area contributed by atoms with Crippen LogP contribution in [0.2, 0.25) is 0 Å². The first-order chi connectivity index (χ1) is 7.09. The number of anilines is 1. The number of hydrogen-bond acceptors (Lipinski definition) is 2. The van der Waals surface area contributed by atoms with Crippen LogP contribution in [0.25, 0.3) is 11.3 Å². The Morgan fingerprint density at radius 1 is 1.33 bits per heavy atom. The number of aryl methyl sites for hydroxylation is 2. The minimum absolute atomic E-state index is 0.243.